The van der Waals surface area contributed by atoms with Crippen LogP contribution >= 0.6 is 0 Å². The van der Waals surface area contributed by atoms with E-state index in [0.29, 0.717) is 13.1 Å². The molecule has 0 atom stereocenters. The van der Waals surface area contributed by atoms with E-state index in [1.54, 1.807) is 0 Å². The Labute approximate surface area is 93.3 Å². The number of amides is 1. The van der Waals surface area contributed by atoms with Crippen molar-refractivity contribution in [3.63, 3.8) is 0 Å². The Balaban J connectivity index is 2.47. The molecule has 0 saturated carbocycles. The van der Waals surface area contributed by atoms with Crippen molar-refractivity contribution in [3.8, 4) is 0 Å². The minimum Gasteiger partial charge on any atom is -0.481 e. The summed E-state index contributed by atoms with van der Waals surface area (Å²) in [5.41, 5.74) is 7.36. The van der Waals surface area contributed by atoms with Crippen molar-refractivity contribution in [2.24, 2.45) is 5.73 Å². The fourth-order valence-corrected chi connectivity index (χ4v) is 1.27. The highest BCUT2D eigenvalue weighted by molar-refractivity contribution is 5.93. The first kappa shape index (κ1) is 12.2. The van der Waals surface area contributed by atoms with Gasteiger partial charge < -0.3 is 16.2 Å². The summed E-state index contributed by atoms with van der Waals surface area (Å²) in [6, 6.07) is 7.46. The van der Waals surface area contributed by atoms with E-state index >= 15 is 0 Å². The van der Waals surface area contributed by atoms with Crippen LogP contribution in [-0.4, -0.2) is 17.0 Å². The van der Waals surface area contributed by atoms with E-state index in [4.69, 9.17) is 10.8 Å². The Bertz CT molecular complexity index is 391. The van der Waals surface area contributed by atoms with Crippen LogP contribution in [0.1, 0.15) is 17.5 Å². The molecule has 0 saturated heterocycles. The summed E-state index contributed by atoms with van der Waals surface area (Å²) in [4.78, 5) is 21.3. The van der Waals surface area contributed by atoms with Gasteiger partial charge in [0, 0.05) is 13.1 Å². The topological polar surface area (TPSA) is 92.4 Å². The smallest absolute Gasteiger partial charge is 0.312 e. The molecule has 0 bridgehead atoms. The molecule has 0 aliphatic carbocycles. The van der Waals surface area contributed by atoms with Crippen LogP contribution in [0.2, 0.25) is 0 Å². The molecule has 1 rings (SSSR count). The largest absolute Gasteiger partial charge is 0.481 e. The van der Waals surface area contributed by atoms with E-state index < -0.39 is 18.3 Å². The average molecular weight is 222 g/mol. The molecule has 0 aliphatic rings. The van der Waals surface area contributed by atoms with Crippen LogP contribution in [-0.2, 0) is 22.7 Å². The molecule has 5 heteroatoms. The summed E-state index contributed by atoms with van der Waals surface area (Å²) < 4.78 is 0. The van der Waals surface area contributed by atoms with E-state index in [1.165, 1.54) is 0 Å². The Kier molecular flexibility index (Phi) is 4.47. The molecule has 1 amide bonds. The van der Waals surface area contributed by atoms with E-state index in [-0.39, 0.29) is 0 Å². The van der Waals surface area contributed by atoms with Crippen LogP contribution in [0.3, 0.4) is 0 Å². The molecule has 0 fully saturated rings. The van der Waals surface area contributed by atoms with Gasteiger partial charge >= 0.3 is 5.97 Å². The van der Waals surface area contributed by atoms with E-state index in [1.807, 2.05) is 24.3 Å². The Morgan fingerprint density at radius 2 is 2.00 bits per heavy atom. The Morgan fingerprint density at radius 1 is 1.31 bits per heavy atom. The summed E-state index contributed by atoms with van der Waals surface area (Å²) in [6.45, 7) is 0.761. The second kappa shape index (κ2) is 5.87. The number of nitrogens with one attached hydrogen (secondary N) is 1. The van der Waals surface area contributed by atoms with Gasteiger partial charge in [-0.3, -0.25) is 9.59 Å². The summed E-state index contributed by atoms with van der Waals surface area (Å²) >= 11 is 0. The van der Waals surface area contributed by atoms with Gasteiger partial charge in [-0.1, -0.05) is 24.3 Å². The van der Waals surface area contributed by atoms with Gasteiger partial charge in [0.25, 0.3) is 0 Å². The number of nitrogens with two attached hydrogens (primary N) is 1. The highest BCUT2D eigenvalue weighted by Crippen LogP contribution is 2.04. The number of carbonyl (C=O) groups excluding carboxylic acids is 1. The predicted octanol–water partition coefficient (Wildman–Crippen LogP) is 0.236. The molecular weight excluding hydrogens is 208 g/mol. The molecule has 0 radical (unpaired) electrons. The summed E-state index contributed by atoms with van der Waals surface area (Å²) in [6.07, 6.45) is -0.503. The van der Waals surface area contributed by atoms with Crippen molar-refractivity contribution >= 4 is 11.9 Å². The zero-order valence-corrected chi connectivity index (χ0v) is 8.77. The van der Waals surface area contributed by atoms with Crippen LogP contribution in [0.5, 0.6) is 0 Å². The SMILES string of the molecule is NCc1cccc(CNC(=O)CC(=O)O)c1. The lowest BCUT2D eigenvalue weighted by Gasteiger charge is -2.05. The van der Waals surface area contributed by atoms with Crippen LogP contribution in [0.4, 0.5) is 0 Å². The molecule has 1 aromatic carbocycles. The lowest BCUT2D eigenvalue weighted by molar-refractivity contribution is -0.140. The Morgan fingerprint density at radius 3 is 2.62 bits per heavy atom. The van der Waals surface area contributed by atoms with Gasteiger partial charge in [0.1, 0.15) is 6.42 Å². The molecule has 5 nitrogen and oxygen atoms in total. The molecule has 0 aromatic heterocycles. The fraction of sp³-hybridized carbons (Fsp3) is 0.273. The summed E-state index contributed by atoms with van der Waals surface area (Å²) in [5, 5.41) is 10.9. The lowest BCUT2D eigenvalue weighted by atomic mass is 10.1. The Hall–Kier alpha value is -1.88. The average Bonchev–Trinajstić information content (AvgIpc) is 2.26. The number of hydrogen-bond acceptors (Lipinski definition) is 3. The number of rotatable bonds is 5. The van der Waals surface area contributed by atoms with Crippen LogP contribution < -0.4 is 11.1 Å². The standard InChI is InChI=1S/C11H14N2O3/c12-6-8-2-1-3-9(4-8)7-13-10(14)5-11(15)16/h1-4H,5-7,12H2,(H,13,14)(H,15,16). The number of carbonyl (C=O) groups is 2. The second-order valence-corrected chi connectivity index (χ2v) is 3.37. The molecule has 16 heavy (non-hydrogen) atoms. The molecule has 0 heterocycles. The summed E-state index contributed by atoms with van der Waals surface area (Å²) in [5.74, 6) is -1.63. The number of carboxylic acid groups (broad SMARTS) is 1. The summed E-state index contributed by atoms with van der Waals surface area (Å²) in [7, 11) is 0. The zero-order chi connectivity index (χ0) is 12.0. The minimum absolute atomic E-state index is 0.319. The molecule has 4 N–H and O–H groups in total. The molecular formula is C11H14N2O3. The maximum absolute atomic E-state index is 11.1. The number of aliphatic carboxylic acids is 1. The van der Waals surface area contributed by atoms with Gasteiger partial charge in [0.05, 0.1) is 0 Å². The van der Waals surface area contributed by atoms with Crippen molar-refractivity contribution in [1.29, 1.82) is 0 Å². The first-order valence-corrected chi connectivity index (χ1v) is 4.88. The van der Waals surface area contributed by atoms with Crippen LogP contribution in [0.25, 0.3) is 0 Å². The van der Waals surface area contributed by atoms with Gasteiger partial charge in [-0.05, 0) is 11.1 Å². The minimum atomic E-state index is -1.13. The van der Waals surface area contributed by atoms with Crippen molar-refractivity contribution < 1.29 is 14.7 Å². The van der Waals surface area contributed by atoms with E-state index in [2.05, 4.69) is 5.32 Å². The molecule has 1 aromatic rings. The monoisotopic (exact) mass is 222 g/mol. The fourth-order valence-electron chi connectivity index (χ4n) is 1.27. The second-order valence-electron chi connectivity index (χ2n) is 3.37. The maximum atomic E-state index is 11.1. The number of benzene rings is 1. The number of hydrogen-bond donors (Lipinski definition) is 3. The van der Waals surface area contributed by atoms with Crippen molar-refractivity contribution in [2.75, 3.05) is 0 Å². The lowest BCUT2D eigenvalue weighted by Crippen LogP contribution is -2.25. The predicted molar refractivity (Wildman–Crippen MR) is 58.4 cm³/mol. The van der Waals surface area contributed by atoms with Crippen molar-refractivity contribution in [1.82, 2.24) is 5.32 Å². The van der Waals surface area contributed by atoms with Crippen LogP contribution in [0.15, 0.2) is 24.3 Å². The van der Waals surface area contributed by atoms with Gasteiger partial charge in [-0.25, -0.2) is 0 Å². The van der Waals surface area contributed by atoms with E-state index in [9.17, 15) is 9.59 Å². The normalized spacial score (nSPS) is 9.81. The molecule has 0 spiro atoms. The first-order valence-electron chi connectivity index (χ1n) is 4.88. The van der Waals surface area contributed by atoms with E-state index in [0.717, 1.165) is 11.1 Å². The van der Waals surface area contributed by atoms with Crippen molar-refractivity contribution in [2.45, 2.75) is 19.5 Å². The number of carboxylic acids is 1. The zero-order valence-electron chi connectivity index (χ0n) is 8.77. The highest BCUT2D eigenvalue weighted by atomic mass is 16.4. The third-order valence-electron chi connectivity index (χ3n) is 2.03. The van der Waals surface area contributed by atoms with Gasteiger partial charge in [0.2, 0.25) is 5.91 Å². The van der Waals surface area contributed by atoms with Gasteiger partial charge in [-0.15, -0.1) is 0 Å². The maximum Gasteiger partial charge on any atom is 0.312 e. The molecule has 86 valence electrons. The van der Waals surface area contributed by atoms with Crippen molar-refractivity contribution in [3.05, 3.63) is 35.4 Å². The van der Waals surface area contributed by atoms with Crippen LogP contribution in [0, 0.1) is 0 Å². The molecule has 0 unspecified atom stereocenters. The molecule has 0 aliphatic heterocycles. The quantitative estimate of drug-likeness (QED) is 0.622. The third-order valence-corrected chi connectivity index (χ3v) is 2.03. The van der Waals surface area contributed by atoms with Gasteiger partial charge in [-0.2, -0.15) is 0 Å². The van der Waals surface area contributed by atoms with Gasteiger partial charge in [0.15, 0.2) is 0 Å². The first-order chi connectivity index (χ1) is 7.61. The third kappa shape index (κ3) is 4.10. The highest BCUT2D eigenvalue weighted by Gasteiger charge is 2.06.